The van der Waals surface area contributed by atoms with Crippen LogP contribution in [0.15, 0.2) is 0 Å². The van der Waals surface area contributed by atoms with E-state index >= 15 is 0 Å². The Kier molecular flexibility index (Phi) is 4.45. The molecule has 2 rings (SSSR count). The summed E-state index contributed by atoms with van der Waals surface area (Å²) >= 11 is 0. The average Bonchev–Trinajstić information content (AvgIpc) is 2.68. The minimum absolute atomic E-state index is 0.817. The van der Waals surface area contributed by atoms with E-state index in [1.807, 2.05) is 0 Å². The smallest absolute Gasteiger partial charge is 0.0107 e. The SMILES string of the molecule is CCNC1CCCC1CN1CCCCC1. The molecule has 2 fully saturated rings. The van der Waals surface area contributed by atoms with Gasteiger partial charge in [-0.25, -0.2) is 0 Å². The maximum absolute atomic E-state index is 3.66. The van der Waals surface area contributed by atoms with Crippen molar-refractivity contribution in [3.63, 3.8) is 0 Å². The van der Waals surface area contributed by atoms with Crippen molar-refractivity contribution in [1.29, 1.82) is 0 Å². The highest BCUT2D eigenvalue weighted by Crippen LogP contribution is 2.27. The van der Waals surface area contributed by atoms with Gasteiger partial charge in [-0.3, -0.25) is 0 Å². The highest BCUT2D eigenvalue weighted by atomic mass is 15.1. The van der Waals surface area contributed by atoms with Gasteiger partial charge in [0.05, 0.1) is 0 Å². The van der Waals surface area contributed by atoms with Crippen LogP contribution in [0.5, 0.6) is 0 Å². The molecule has 0 radical (unpaired) electrons. The third-order valence-electron chi connectivity index (χ3n) is 4.07. The minimum Gasteiger partial charge on any atom is -0.314 e. The average molecular weight is 210 g/mol. The molecule has 1 saturated heterocycles. The molecule has 0 aromatic rings. The third-order valence-corrected chi connectivity index (χ3v) is 4.07. The molecule has 0 aromatic carbocycles. The normalized spacial score (nSPS) is 33.4. The first-order chi connectivity index (χ1) is 7.40. The van der Waals surface area contributed by atoms with Crippen LogP contribution in [0, 0.1) is 5.92 Å². The van der Waals surface area contributed by atoms with Gasteiger partial charge in [-0.15, -0.1) is 0 Å². The lowest BCUT2D eigenvalue weighted by Gasteiger charge is -2.31. The summed E-state index contributed by atoms with van der Waals surface area (Å²) in [6, 6.07) is 0.817. The fraction of sp³-hybridized carbons (Fsp3) is 1.00. The van der Waals surface area contributed by atoms with Crippen LogP contribution >= 0.6 is 0 Å². The summed E-state index contributed by atoms with van der Waals surface area (Å²) in [4.78, 5) is 2.70. The Hall–Kier alpha value is -0.0800. The molecular weight excluding hydrogens is 184 g/mol. The zero-order valence-electron chi connectivity index (χ0n) is 10.2. The Balaban J connectivity index is 1.76. The van der Waals surface area contributed by atoms with E-state index in [0.29, 0.717) is 0 Å². The number of rotatable bonds is 4. The first-order valence-corrected chi connectivity index (χ1v) is 6.86. The molecule has 2 atom stereocenters. The molecule has 1 aliphatic heterocycles. The van der Waals surface area contributed by atoms with Gasteiger partial charge in [0.1, 0.15) is 0 Å². The van der Waals surface area contributed by atoms with Crippen molar-refractivity contribution >= 4 is 0 Å². The highest BCUT2D eigenvalue weighted by molar-refractivity contribution is 4.85. The minimum atomic E-state index is 0.817. The molecule has 88 valence electrons. The topological polar surface area (TPSA) is 15.3 Å². The molecular formula is C13H26N2. The largest absolute Gasteiger partial charge is 0.314 e. The summed E-state index contributed by atoms with van der Waals surface area (Å²) in [5.74, 6) is 0.933. The van der Waals surface area contributed by atoms with Crippen LogP contribution in [0.25, 0.3) is 0 Å². The molecule has 2 unspecified atom stereocenters. The lowest BCUT2D eigenvalue weighted by Crippen LogP contribution is -2.41. The lowest BCUT2D eigenvalue weighted by molar-refractivity contribution is 0.184. The third kappa shape index (κ3) is 3.18. The molecule has 1 aliphatic carbocycles. The Morgan fingerprint density at radius 3 is 2.60 bits per heavy atom. The molecule has 0 spiro atoms. The molecule has 2 nitrogen and oxygen atoms in total. The summed E-state index contributed by atoms with van der Waals surface area (Å²) in [6.45, 7) is 7.44. The highest BCUT2D eigenvalue weighted by Gasteiger charge is 2.28. The first kappa shape index (κ1) is 11.4. The Labute approximate surface area is 94.4 Å². The molecule has 1 saturated carbocycles. The van der Waals surface area contributed by atoms with E-state index < -0.39 is 0 Å². The molecule has 1 heterocycles. The van der Waals surface area contributed by atoms with Crippen molar-refractivity contribution < 1.29 is 0 Å². The maximum Gasteiger partial charge on any atom is 0.0107 e. The maximum atomic E-state index is 3.66. The predicted octanol–water partition coefficient (Wildman–Crippen LogP) is 2.25. The molecule has 0 amide bonds. The van der Waals surface area contributed by atoms with Gasteiger partial charge in [-0.2, -0.15) is 0 Å². The number of nitrogens with one attached hydrogen (secondary N) is 1. The molecule has 0 aromatic heterocycles. The van der Waals surface area contributed by atoms with Crippen molar-refractivity contribution in [2.24, 2.45) is 5.92 Å². The van der Waals surface area contributed by atoms with E-state index in [-0.39, 0.29) is 0 Å². The van der Waals surface area contributed by atoms with Crippen LogP contribution < -0.4 is 5.32 Å². The van der Waals surface area contributed by atoms with Crippen LogP contribution in [-0.2, 0) is 0 Å². The summed E-state index contributed by atoms with van der Waals surface area (Å²) in [5, 5.41) is 3.66. The molecule has 1 N–H and O–H groups in total. The number of hydrogen-bond donors (Lipinski definition) is 1. The zero-order valence-corrected chi connectivity index (χ0v) is 10.2. The summed E-state index contributed by atoms with van der Waals surface area (Å²) in [5.41, 5.74) is 0. The van der Waals surface area contributed by atoms with Crippen LogP contribution in [0.2, 0.25) is 0 Å². The van der Waals surface area contributed by atoms with E-state index in [1.54, 1.807) is 0 Å². The van der Waals surface area contributed by atoms with Crippen molar-refractivity contribution in [2.75, 3.05) is 26.2 Å². The van der Waals surface area contributed by atoms with Crippen molar-refractivity contribution in [3.05, 3.63) is 0 Å². The zero-order chi connectivity index (χ0) is 10.5. The second kappa shape index (κ2) is 5.86. The van der Waals surface area contributed by atoms with Gasteiger partial charge in [-0.05, 0) is 51.2 Å². The van der Waals surface area contributed by atoms with Crippen LogP contribution in [0.1, 0.15) is 45.4 Å². The van der Waals surface area contributed by atoms with E-state index in [0.717, 1.165) is 18.5 Å². The van der Waals surface area contributed by atoms with Gasteiger partial charge in [0.2, 0.25) is 0 Å². The Morgan fingerprint density at radius 1 is 1.07 bits per heavy atom. The van der Waals surface area contributed by atoms with Gasteiger partial charge in [0.15, 0.2) is 0 Å². The molecule has 0 bridgehead atoms. The number of hydrogen-bond acceptors (Lipinski definition) is 2. The van der Waals surface area contributed by atoms with Gasteiger partial charge in [0, 0.05) is 12.6 Å². The van der Waals surface area contributed by atoms with E-state index in [2.05, 4.69) is 17.1 Å². The van der Waals surface area contributed by atoms with Gasteiger partial charge in [-0.1, -0.05) is 19.8 Å². The number of nitrogens with zero attached hydrogens (tertiary/aromatic N) is 1. The van der Waals surface area contributed by atoms with Crippen LogP contribution in [0.4, 0.5) is 0 Å². The van der Waals surface area contributed by atoms with Gasteiger partial charge < -0.3 is 10.2 Å². The van der Waals surface area contributed by atoms with Crippen molar-refractivity contribution in [1.82, 2.24) is 10.2 Å². The Morgan fingerprint density at radius 2 is 1.87 bits per heavy atom. The van der Waals surface area contributed by atoms with Crippen LogP contribution in [-0.4, -0.2) is 37.1 Å². The standard InChI is InChI=1S/C13H26N2/c1-2-14-13-8-6-7-12(13)11-15-9-4-3-5-10-15/h12-14H,2-11H2,1H3. The van der Waals surface area contributed by atoms with E-state index in [9.17, 15) is 0 Å². The lowest BCUT2D eigenvalue weighted by atomic mass is 10.0. The van der Waals surface area contributed by atoms with Crippen molar-refractivity contribution in [2.45, 2.75) is 51.5 Å². The second-order valence-electron chi connectivity index (χ2n) is 5.22. The summed E-state index contributed by atoms with van der Waals surface area (Å²) in [7, 11) is 0. The quantitative estimate of drug-likeness (QED) is 0.765. The monoisotopic (exact) mass is 210 g/mol. The van der Waals surface area contributed by atoms with Crippen molar-refractivity contribution in [3.8, 4) is 0 Å². The second-order valence-corrected chi connectivity index (χ2v) is 5.22. The van der Waals surface area contributed by atoms with Gasteiger partial charge in [0.25, 0.3) is 0 Å². The fourth-order valence-corrected chi connectivity index (χ4v) is 3.26. The van der Waals surface area contributed by atoms with E-state index in [1.165, 1.54) is 58.2 Å². The summed E-state index contributed by atoms with van der Waals surface area (Å²) < 4.78 is 0. The van der Waals surface area contributed by atoms with Gasteiger partial charge >= 0.3 is 0 Å². The Bertz CT molecular complexity index is 175. The van der Waals surface area contributed by atoms with Crippen LogP contribution in [0.3, 0.4) is 0 Å². The summed E-state index contributed by atoms with van der Waals surface area (Å²) in [6.07, 6.45) is 8.62. The van der Waals surface area contributed by atoms with E-state index in [4.69, 9.17) is 0 Å². The molecule has 2 aliphatic rings. The number of piperidine rings is 1. The first-order valence-electron chi connectivity index (χ1n) is 6.86. The molecule has 15 heavy (non-hydrogen) atoms. The fourth-order valence-electron chi connectivity index (χ4n) is 3.26. The molecule has 2 heteroatoms. The number of likely N-dealkylation sites (tertiary alicyclic amines) is 1. The predicted molar refractivity (Wildman–Crippen MR) is 65.1 cm³/mol.